The maximum absolute atomic E-state index is 11.9. The molecule has 5 heteroatoms. The molecule has 2 amide bonds. The van der Waals surface area contributed by atoms with Crippen LogP contribution in [0.3, 0.4) is 0 Å². The predicted octanol–water partition coefficient (Wildman–Crippen LogP) is 2.42. The van der Waals surface area contributed by atoms with Crippen LogP contribution in [0, 0.1) is 5.41 Å². The summed E-state index contributed by atoms with van der Waals surface area (Å²) in [4.78, 5) is 25.0. The highest BCUT2D eigenvalue weighted by molar-refractivity contribution is 5.95. The molecule has 0 saturated carbocycles. The molecule has 1 aliphatic heterocycles. The molecule has 1 aromatic rings. The second-order valence-corrected chi connectivity index (χ2v) is 6.07. The van der Waals surface area contributed by atoms with Crippen LogP contribution in [0.2, 0.25) is 0 Å². The number of amides is 2. The predicted molar refractivity (Wildman–Crippen MR) is 76.9 cm³/mol. The van der Waals surface area contributed by atoms with Gasteiger partial charge in [-0.15, -0.1) is 0 Å². The van der Waals surface area contributed by atoms with Gasteiger partial charge in [-0.05, 0) is 29.7 Å². The number of esters is 1. The third kappa shape index (κ3) is 3.50. The first-order valence-corrected chi connectivity index (χ1v) is 6.69. The molecule has 0 spiro atoms. The van der Waals surface area contributed by atoms with Crippen LogP contribution in [-0.2, 0) is 4.74 Å². The van der Waals surface area contributed by atoms with Gasteiger partial charge in [0.25, 0.3) is 0 Å². The van der Waals surface area contributed by atoms with E-state index in [1.54, 1.807) is 29.2 Å². The van der Waals surface area contributed by atoms with Crippen molar-refractivity contribution in [1.29, 1.82) is 0 Å². The topological polar surface area (TPSA) is 58.6 Å². The first-order chi connectivity index (χ1) is 9.37. The summed E-state index contributed by atoms with van der Waals surface area (Å²) in [5.74, 6) is -0.336. The van der Waals surface area contributed by atoms with E-state index in [2.05, 4.69) is 5.32 Å². The van der Waals surface area contributed by atoms with Crippen molar-refractivity contribution in [1.82, 2.24) is 5.32 Å². The molecule has 0 bridgehead atoms. The lowest BCUT2D eigenvalue weighted by molar-refractivity contribution is 0.0367. The van der Waals surface area contributed by atoms with Gasteiger partial charge in [0.1, 0.15) is 0 Å². The lowest BCUT2D eigenvalue weighted by Gasteiger charge is -2.18. The second-order valence-electron chi connectivity index (χ2n) is 6.07. The number of rotatable bonds is 3. The Hall–Kier alpha value is -2.04. The highest BCUT2D eigenvalue weighted by atomic mass is 16.5. The van der Waals surface area contributed by atoms with Gasteiger partial charge in [0.05, 0.1) is 12.2 Å². The number of nitrogens with zero attached hydrogens (tertiary/aromatic N) is 1. The van der Waals surface area contributed by atoms with E-state index in [-0.39, 0.29) is 17.4 Å². The number of carbonyl (C=O) groups is 2. The number of nitrogens with one attached hydrogen (secondary N) is 1. The average Bonchev–Trinajstić information content (AvgIpc) is 2.81. The van der Waals surface area contributed by atoms with Crippen LogP contribution < -0.4 is 10.2 Å². The Bertz CT molecular complexity index is 503. The standard InChI is InChI=1S/C15H20N2O3/c1-15(2,3)10-20-13(18)11-4-6-12(7-5-11)17-9-8-16-14(17)19/h4-7H,8-10H2,1-3H3,(H,16,19). The minimum atomic E-state index is -0.336. The van der Waals surface area contributed by atoms with Crippen molar-refractivity contribution in [2.24, 2.45) is 5.41 Å². The molecule has 1 saturated heterocycles. The molecule has 1 heterocycles. The van der Waals surface area contributed by atoms with E-state index in [1.807, 2.05) is 20.8 Å². The van der Waals surface area contributed by atoms with Gasteiger partial charge in [-0.1, -0.05) is 20.8 Å². The second kappa shape index (κ2) is 5.53. The monoisotopic (exact) mass is 276 g/mol. The molecular formula is C15H20N2O3. The van der Waals surface area contributed by atoms with Crippen LogP contribution in [0.4, 0.5) is 10.5 Å². The van der Waals surface area contributed by atoms with Crippen molar-refractivity contribution in [2.45, 2.75) is 20.8 Å². The Balaban J connectivity index is 2.01. The molecule has 0 radical (unpaired) electrons. The quantitative estimate of drug-likeness (QED) is 0.862. The molecular weight excluding hydrogens is 256 g/mol. The van der Waals surface area contributed by atoms with Gasteiger partial charge in [0.2, 0.25) is 0 Å². The van der Waals surface area contributed by atoms with Crippen molar-refractivity contribution < 1.29 is 14.3 Å². The Kier molecular flexibility index (Phi) is 3.97. The Morgan fingerprint density at radius 3 is 2.45 bits per heavy atom. The van der Waals surface area contributed by atoms with Crippen LogP contribution in [0.25, 0.3) is 0 Å². The smallest absolute Gasteiger partial charge is 0.338 e. The number of urea groups is 1. The summed E-state index contributed by atoms with van der Waals surface area (Å²) in [5, 5.41) is 2.74. The summed E-state index contributed by atoms with van der Waals surface area (Å²) in [5.41, 5.74) is 1.23. The van der Waals surface area contributed by atoms with Gasteiger partial charge in [0, 0.05) is 18.8 Å². The molecule has 0 aliphatic carbocycles. The SMILES string of the molecule is CC(C)(C)COC(=O)c1ccc(N2CCNC2=O)cc1. The van der Waals surface area contributed by atoms with E-state index in [0.717, 1.165) is 5.69 Å². The zero-order valence-electron chi connectivity index (χ0n) is 12.1. The molecule has 0 unspecified atom stereocenters. The lowest BCUT2D eigenvalue weighted by atomic mass is 9.99. The van der Waals surface area contributed by atoms with E-state index < -0.39 is 0 Å². The van der Waals surface area contributed by atoms with E-state index in [1.165, 1.54) is 0 Å². The van der Waals surface area contributed by atoms with Crippen molar-refractivity contribution in [3.63, 3.8) is 0 Å². The molecule has 1 aliphatic rings. The van der Waals surface area contributed by atoms with E-state index in [9.17, 15) is 9.59 Å². The van der Waals surface area contributed by atoms with Crippen LogP contribution in [0.15, 0.2) is 24.3 Å². The molecule has 0 aromatic heterocycles. The fraction of sp³-hybridized carbons (Fsp3) is 0.467. The molecule has 1 fully saturated rings. The summed E-state index contributed by atoms with van der Waals surface area (Å²) >= 11 is 0. The molecule has 1 N–H and O–H groups in total. The van der Waals surface area contributed by atoms with Gasteiger partial charge in [-0.2, -0.15) is 0 Å². The summed E-state index contributed by atoms with van der Waals surface area (Å²) in [6.07, 6.45) is 0. The Morgan fingerprint density at radius 1 is 1.30 bits per heavy atom. The average molecular weight is 276 g/mol. The molecule has 0 atom stereocenters. The molecule has 20 heavy (non-hydrogen) atoms. The summed E-state index contributed by atoms with van der Waals surface area (Å²) in [6.45, 7) is 7.70. The molecule has 1 aromatic carbocycles. The van der Waals surface area contributed by atoms with Gasteiger partial charge in [0.15, 0.2) is 0 Å². The number of ether oxygens (including phenoxy) is 1. The van der Waals surface area contributed by atoms with Crippen LogP contribution in [0.1, 0.15) is 31.1 Å². The number of anilines is 1. The van der Waals surface area contributed by atoms with Crippen molar-refractivity contribution in [3.8, 4) is 0 Å². The van der Waals surface area contributed by atoms with Crippen LogP contribution in [-0.4, -0.2) is 31.7 Å². The van der Waals surface area contributed by atoms with Crippen LogP contribution >= 0.6 is 0 Å². The summed E-state index contributed by atoms with van der Waals surface area (Å²) in [6, 6.07) is 6.79. The maximum Gasteiger partial charge on any atom is 0.338 e. The van der Waals surface area contributed by atoms with Crippen molar-refractivity contribution in [2.75, 3.05) is 24.6 Å². The minimum Gasteiger partial charge on any atom is -0.462 e. The van der Waals surface area contributed by atoms with Crippen LogP contribution in [0.5, 0.6) is 0 Å². The van der Waals surface area contributed by atoms with E-state index in [0.29, 0.717) is 25.3 Å². The number of benzene rings is 1. The zero-order valence-corrected chi connectivity index (χ0v) is 12.1. The highest BCUT2D eigenvalue weighted by Crippen LogP contribution is 2.19. The third-order valence-corrected chi connectivity index (χ3v) is 2.91. The van der Waals surface area contributed by atoms with Gasteiger partial charge in [-0.3, -0.25) is 4.90 Å². The normalized spacial score (nSPS) is 15.2. The van der Waals surface area contributed by atoms with Gasteiger partial charge < -0.3 is 10.1 Å². The highest BCUT2D eigenvalue weighted by Gasteiger charge is 2.21. The van der Waals surface area contributed by atoms with E-state index in [4.69, 9.17) is 4.74 Å². The Morgan fingerprint density at radius 2 is 1.95 bits per heavy atom. The maximum atomic E-state index is 11.9. The van der Waals surface area contributed by atoms with Crippen molar-refractivity contribution in [3.05, 3.63) is 29.8 Å². The Labute approximate surface area is 118 Å². The number of carbonyl (C=O) groups excluding carboxylic acids is 2. The fourth-order valence-electron chi connectivity index (χ4n) is 1.86. The molecule has 5 nitrogen and oxygen atoms in total. The van der Waals surface area contributed by atoms with Gasteiger partial charge >= 0.3 is 12.0 Å². The number of hydrogen-bond donors (Lipinski definition) is 1. The zero-order chi connectivity index (χ0) is 14.8. The summed E-state index contributed by atoms with van der Waals surface area (Å²) < 4.78 is 5.25. The van der Waals surface area contributed by atoms with Gasteiger partial charge in [-0.25, -0.2) is 9.59 Å². The first-order valence-electron chi connectivity index (χ1n) is 6.69. The minimum absolute atomic E-state index is 0.0523. The first kappa shape index (κ1) is 14.4. The van der Waals surface area contributed by atoms with Crippen molar-refractivity contribution >= 4 is 17.7 Å². The van der Waals surface area contributed by atoms with E-state index >= 15 is 0 Å². The largest absolute Gasteiger partial charge is 0.462 e. The summed E-state index contributed by atoms with van der Waals surface area (Å²) in [7, 11) is 0. The third-order valence-electron chi connectivity index (χ3n) is 2.91. The lowest BCUT2D eigenvalue weighted by Crippen LogP contribution is -2.27. The fourth-order valence-corrected chi connectivity index (χ4v) is 1.86. The molecule has 108 valence electrons. The number of hydrogen-bond acceptors (Lipinski definition) is 3. The molecule has 2 rings (SSSR count).